The number of cyclic esters (lactones) is 1. The van der Waals surface area contributed by atoms with Gasteiger partial charge in [-0.15, -0.1) is 0 Å². The van der Waals surface area contributed by atoms with E-state index in [1.165, 1.54) is 0 Å². The summed E-state index contributed by atoms with van der Waals surface area (Å²) in [6, 6.07) is 0. The molecular formula is C16H34O6. The fourth-order valence-corrected chi connectivity index (χ4v) is 2.04. The summed E-state index contributed by atoms with van der Waals surface area (Å²) >= 11 is 0. The monoisotopic (exact) mass is 322 g/mol. The lowest BCUT2D eigenvalue weighted by Crippen LogP contribution is -2.23. The number of rotatable bonds is 6. The Morgan fingerprint density at radius 2 is 1.77 bits per heavy atom. The van der Waals surface area contributed by atoms with Gasteiger partial charge in [0.2, 0.25) is 6.29 Å². The van der Waals surface area contributed by atoms with Gasteiger partial charge in [0.05, 0.1) is 6.42 Å². The molecule has 1 rings (SSSR count). The molecule has 1 fully saturated rings. The maximum Gasteiger partial charge on any atom is 0.308 e. The standard InChI is InChI=1S/C8H16O3.C6H10O3.2CH4/c1-6(5-7(2)9)8(10-3)11-4;1-4-3-5(7)9-6(4)8-2;;/h6,8H,5H2,1-4H3;4,6H,3H2,1-2H3;2*1H4. The van der Waals surface area contributed by atoms with E-state index in [-0.39, 0.29) is 51.0 Å². The van der Waals surface area contributed by atoms with Crippen LogP contribution in [0.25, 0.3) is 0 Å². The van der Waals surface area contributed by atoms with Crippen LogP contribution in [0.4, 0.5) is 0 Å². The van der Waals surface area contributed by atoms with Crippen molar-refractivity contribution in [2.24, 2.45) is 11.8 Å². The summed E-state index contributed by atoms with van der Waals surface area (Å²) in [6.07, 6.45) is 0.418. The molecule has 0 spiro atoms. The molecule has 134 valence electrons. The number of carbonyl (C=O) groups is 2. The van der Waals surface area contributed by atoms with Gasteiger partial charge in [0.15, 0.2) is 6.29 Å². The average Bonchev–Trinajstić information content (AvgIpc) is 2.69. The average molecular weight is 322 g/mol. The molecule has 0 aromatic carbocycles. The second kappa shape index (κ2) is 13.7. The Hall–Kier alpha value is -0.980. The Labute approximate surface area is 135 Å². The van der Waals surface area contributed by atoms with Gasteiger partial charge in [-0.25, -0.2) is 0 Å². The van der Waals surface area contributed by atoms with Crippen LogP contribution in [-0.2, 0) is 28.5 Å². The summed E-state index contributed by atoms with van der Waals surface area (Å²) in [5, 5.41) is 0. The second-order valence-corrected chi connectivity index (χ2v) is 5.00. The van der Waals surface area contributed by atoms with Crippen molar-refractivity contribution < 1.29 is 28.5 Å². The highest BCUT2D eigenvalue weighted by Gasteiger charge is 2.30. The van der Waals surface area contributed by atoms with Crippen molar-refractivity contribution in [1.29, 1.82) is 0 Å². The molecule has 1 heterocycles. The van der Waals surface area contributed by atoms with Crippen LogP contribution in [0.15, 0.2) is 0 Å². The minimum absolute atomic E-state index is 0. The lowest BCUT2D eigenvalue weighted by molar-refractivity contribution is -0.160. The van der Waals surface area contributed by atoms with Gasteiger partial charge < -0.3 is 23.7 Å². The molecule has 0 aliphatic carbocycles. The molecule has 6 heteroatoms. The molecule has 1 aliphatic heterocycles. The van der Waals surface area contributed by atoms with E-state index < -0.39 is 0 Å². The van der Waals surface area contributed by atoms with Crippen LogP contribution in [-0.4, -0.2) is 45.7 Å². The first kappa shape index (κ1) is 25.9. The largest absolute Gasteiger partial charge is 0.435 e. The van der Waals surface area contributed by atoms with Crippen LogP contribution >= 0.6 is 0 Å². The third-order valence-electron chi connectivity index (χ3n) is 2.97. The first-order chi connectivity index (χ1) is 9.35. The Morgan fingerprint density at radius 3 is 2.00 bits per heavy atom. The Morgan fingerprint density at radius 1 is 1.27 bits per heavy atom. The zero-order valence-corrected chi connectivity index (χ0v) is 13.2. The molecule has 6 nitrogen and oxygen atoms in total. The van der Waals surface area contributed by atoms with E-state index in [0.29, 0.717) is 12.8 Å². The third-order valence-corrected chi connectivity index (χ3v) is 2.97. The number of Topliss-reactive ketones (excluding diaryl/α,β-unsaturated/α-hetero) is 1. The molecule has 0 aromatic heterocycles. The van der Waals surface area contributed by atoms with E-state index in [2.05, 4.69) is 0 Å². The molecule has 22 heavy (non-hydrogen) atoms. The fraction of sp³-hybridized carbons (Fsp3) is 0.875. The summed E-state index contributed by atoms with van der Waals surface area (Å²) in [7, 11) is 4.69. The summed E-state index contributed by atoms with van der Waals surface area (Å²) < 4.78 is 19.6. The van der Waals surface area contributed by atoms with Crippen molar-refractivity contribution >= 4 is 11.8 Å². The predicted molar refractivity (Wildman–Crippen MR) is 86.4 cm³/mol. The third kappa shape index (κ3) is 9.87. The van der Waals surface area contributed by atoms with E-state index >= 15 is 0 Å². The highest BCUT2D eigenvalue weighted by atomic mass is 16.7. The number of ether oxygens (including phenoxy) is 4. The molecule has 0 radical (unpaired) electrons. The maximum atomic E-state index is 10.7. The molecule has 1 saturated heterocycles. The molecule has 0 amide bonds. The molecule has 3 atom stereocenters. The van der Waals surface area contributed by atoms with Gasteiger partial charge in [-0.1, -0.05) is 28.7 Å². The van der Waals surface area contributed by atoms with Gasteiger partial charge in [0.1, 0.15) is 5.78 Å². The molecule has 0 N–H and O–H groups in total. The molecule has 0 bridgehead atoms. The molecular weight excluding hydrogens is 288 g/mol. The van der Waals surface area contributed by atoms with E-state index in [1.807, 2.05) is 13.8 Å². The van der Waals surface area contributed by atoms with Gasteiger partial charge in [-0.2, -0.15) is 0 Å². The second-order valence-electron chi connectivity index (χ2n) is 5.00. The van der Waals surface area contributed by atoms with E-state index in [9.17, 15) is 9.59 Å². The minimum atomic E-state index is -0.308. The molecule has 0 saturated carbocycles. The summed E-state index contributed by atoms with van der Waals surface area (Å²) in [5.41, 5.74) is 0. The van der Waals surface area contributed by atoms with Gasteiger partial charge >= 0.3 is 5.97 Å². The highest BCUT2D eigenvalue weighted by Crippen LogP contribution is 2.21. The fourth-order valence-electron chi connectivity index (χ4n) is 2.04. The number of hydrogen-bond donors (Lipinski definition) is 0. The smallest absolute Gasteiger partial charge is 0.308 e. The lowest BCUT2D eigenvalue weighted by atomic mass is 10.1. The van der Waals surface area contributed by atoms with Crippen LogP contribution in [0, 0.1) is 11.8 Å². The Balaban J connectivity index is -0.000000304. The first-order valence-electron chi connectivity index (χ1n) is 6.62. The minimum Gasteiger partial charge on any atom is -0.435 e. The quantitative estimate of drug-likeness (QED) is 0.553. The van der Waals surface area contributed by atoms with E-state index in [1.54, 1.807) is 28.3 Å². The van der Waals surface area contributed by atoms with Crippen molar-refractivity contribution in [3.63, 3.8) is 0 Å². The maximum absolute atomic E-state index is 10.7. The number of carbonyl (C=O) groups excluding carboxylic acids is 2. The van der Waals surface area contributed by atoms with Crippen molar-refractivity contribution in [3.05, 3.63) is 0 Å². The number of ketones is 1. The predicted octanol–water partition coefficient (Wildman–Crippen LogP) is 3.03. The molecule has 0 aromatic rings. The zero-order valence-electron chi connectivity index (χ0n) is 13.2. The van der Waals surface area contributed by atoms with Crippen LogP contribution in [0.1, 0.15) is 48.5 Å². The first-order valence-corrected chi connectivity index (χ1v) is 6.62. The van der Waals surface area contributed by atoms with E-state index in [0.717, 1.165) is 0 Å². The van der Waals surface area contributed by atoms with Gasteiger partial charge in [0, 0.05) is 39.6 Å². The number of methoxy groups -OCH3 is 3. The van der Waals surface area contributed by atoms with Crippen LogP contribution in [0.2, 0.25) is 0 Å². The SMILES string of the molecule is C.C.COC(OC)C(C)CC(C)=O.COC1OC(=O)CC1C. The van der Waals surface area contributed by atoms with Crippen molar-refractivity contribution in [2.45, 2.75) is 61.0 Å². The van der Waals surface area contributed by atoms with Crippen LogP contribution < -0.4 is 0 Å². The Kier molecular flexibility index (Phi) is 16.1. The normalized spacial score (nSPS) is 21.0. The van der Waals surface area contributed by atoms with Crippen LogP contribution in [0.5, 0.6) is 0 Å². The van der Waals surface area contributed by atoms with Gasteiger partial charge in [0.25, 0.3) is 0 Å². The Bertz CT molecular complexity index is 301. The molecule has 3 unspecified atom stereocenters. The van der Waals surface area contributed by atoms with Crippen LogP contribution in [0.3, 0.4) is 0 Å². The van der Waals surface area contributed by atoms with Crippen molar-refractivity contribution in [3.8, 4) is 0 Å². The van der Waals surface area contributed by atoms with Gasteiger partial charge in [-0.05, 0) is 6.92 Å². The molecule has 1 aliphatic rings. The van der Waals surface area contributed by atoms with E-state index in [4.69, 9.17) is 18.9 Å². The topological polar surface area (TPSA) is 71.1 Å². The highest BCUT2D eigenvalue weighted by molar-refractivity contribution is 5.75. The summed E-state index contributed by atoms with van der Waals surface area (Å²) in [6.45, 7) is 5.43. The number of hydrogen-bond acceptors (Lipinski definition) is 6. The summed E-state index contributed by atoms with van der Waals surface area (Å²) in [4.78, 5) is 21.2. The number of esters is 1. The van der Waals surface area contributed by atoms with Gasteiger partial charge in [-0.3, -0.25) is 4.79 Å². The lowest BCUT2D eigenvalue weighted by Gasteiger charge is -2.19. The van der Waals surface area contributed by atoms with Crippen molar-refractivity contribution in [1.82, 2.24) is 0 Å². The van der Waals surface area contributed by atoms with Crippen molar-refractivity contribution in [2.75, 3.05) is 21.3 Å². The zero-order chi connectivity index (χ0) is 15.7. The summed E-state index contributed by atoms with van der Waals surface area (Å²) in [5.74, 6) is 0.343.